The Labute approximate surface area is 290 Å². The number of carbonyl (C=O) groups is 8. The molecule has 0 aromatic carbocycles. The number of ketones is 1. The minimum atomic E-state index is -0.759. The summed E-state index contributed by atoms with van der Waals surface area (Å²) in [4.78, 5) is 82.3. The second kappa shape index (κ2) is 32.2. The molecule has 46 heavy (non-hydrogen) atoms. The number of cyclic esters (lactones) is 2. The van der Waals surface area contributed by atoms with Gasteiger partial charge in [0.15, 0.2) is 29.8 Å². The first-order valence-corrected chi connectivity index (χ1v) is 12.0. The van der Waals surface area contributed by atoms with Crippen molar-refractivity contribution in [1.29, 1.82) is 0 Å². The second-order valence-electron chi connectivity index (χ2n) is 7.72. The van der Waals surface area contributed by atoms with E-state index in [9.17, 15) is 38.4 Å². The molecule has 0 amide bonds. The molecule has 0 aliphatic carbocycles. The smallest absolute Gasteiger partial charge is 1.00 e. The van der Waals surface area contributed by atoms with Crippen molar-refractivity contribution in [2.45, 2.75) is 27.2 Å². The number of aliphatic hydroxyl groups is 1. The van der Waals surface area contributed by atoms with Gasteiger partial charge in [-0.15, -0.1) is 0 Å². The number of ether oxygens (including phenoxy) is 7. The molecular formula is C28H40AlLiO16. The van der Waals surface area contributed by atoms with E-state index in [0.717, 1.165) is 11.6 Å². The van der Waals surface area contributed by atoms with Crippen LogP contribution < -0.4 is 18.9 Å². The number of esters is 7. The molecule has 1 fully saturated rings. The number of hydrogen-bond acceptors (Lipinski definition) is 16. The first kappa shape index (κ1) is 51.4. The van der Waals surface area contributed by atoms with Crippen LogP contribution in [0.4, 0.5) is 0 Å². The van der Waals surface area contributed by atoms with Gasteiger partial charge in [0, 0.05) is 35.6 Å². The Morgan fingerprint density at radius 3 is 1.54 bits per heavy atom. The number of hydrogen-bond donors (Lipinski definition) is 1. The minimum Gasteiger partial charge on any atom is -1.00 e. The fourth-order valence-electron chi connectivity index (χ4n) is 1.86. The topological polar surface area (TPSA) is 221 Å². The molecule has 2 aliphatic heterocycles. The van der Waals surface area contributed by atoms with E-state index >= 15 is 0 Å². The SMILES string of the molecule is CC1=CC(=O)OC1.COC(=O)/C=C(/C)C(=O)OC.COC(=O)/C=C(/C)CO.COC(=O)C#CC(=O)OC.O=C1COC(=O)C1.[AlH3].[H-].[Li+]. The first-order valence-electron chi connectivity index (χ1n) is 12.0. The average molecular weight is 667 g/mol. The Balaban J connectivity index is -0.000000111. The van der Waals surface area contributed by atoms with Gasteiger partial charge < -0.3 is 39.7 Å². The molecule has 0 radical (unpaired) electrons. The third-order valence-corrected chi connectivity index (χ3v) is 4.04. The van der Waals surface area contributed by atoms with Crippen LogP contribution in [0.2, 0.25) is 0 Å². The van der Waals surface area contributed by atoms with Crippen LogP contribution in [0.15, 0.2) is 34.9 Å². The summed E-state index contributed by atoms with van der Waals surface area (Å²) in [7, 11) is 6.13. The van der Waals surface area contributed by atoms with Crippen molar-refractivity contribution in [3.63, 3.8) is 0 Å². The van der Waals surface area contributed by atoms with E-state index in [-0.39, 0.29) is 74.6 Å². The number of aliphatic hydroxyl groups excluding tert-OH is 1. The third kappa shape index (κ3) is 32.7. The zero-order chi connectivity index (χ0) is 34.7. The van der Waals surface area contributed by atoms with Crippen molar-refractivity contribution < 1.29 is 96.9 Å². The molecule has 16 nitrogen and oxygen atoms in total. The van der Waals surface area contributed by atoms with Gasteiger partial charge in [-0.3, -0.25) is 9.59 Å². The predicted octanol–water partition coefficient (Wildman–Crippen LogP) is -4.36. The van der Waals surface area contributed by atoms with Gasteiger partial charge in [-0.1, -0.05) is 0 Å². The fourth-order valence-corrected chi connectivity index (χ4v) is 1.86. The van der Waals surface area contributed by atoms with Crippen LogP contribution in [-0.4, -0.2) is 125 Å². The van der Waals surface area contributed by atoms with Crippen LogP contribution in [-0.2, 0) is 71.5 Å². The van der Waals surface area contributed by atoms with Crippen LogP contribution in [0.3, 0.4) is 0 Å². The maximum atomic E-state index is 10.7. The molecule has 0 aromatic rings. The molecule has 18 heteroatoms. The second-order valence-corrected chi connectivity index (χ2v) is 7.72. The molecular weight excluding hydrogens is 626 g/mol. The zero-order valence-corrected chi connectivity index (χ0v) is 26.6. The molecule has 0 unspecified atom stereocenters. The molecule has 252 valence electrons. The van der Waals surface area contributed by atoms with Gasteiger partial charge in [-0.2, -0.15) is 0 Å². The summed E-state index contributed by atoms with van der Waals surface area (Å²) in [6, 6.07) is 0. The predicted molar refractivity (Wildman–Crippen MR) is 159 cm³/mol. The zero-order valence-electron chi connectivity index (χ0n) is 27.6. The Bertz CT molecular complexity index is 1160. The third-order valence-electron chi connectivity index (χ3n) is 4.04. The molecule has 1 saturated heterocycles. The van der Waals surface area contributed by atoms with E-state index in [0.29, 0.717) is 12.2 Å². The van der Waals surface area contributed by atoms with Crippen molar-refractivity contribution in [1.82, 2.24) is 0 Å². The molecule has 0 bridgehead atoms. The van der Waals surface area contributed by atoms with Crippen LogP contribution in [0.1, 0.15) is 28.6 Å². The molecule has 0 spiro atoms. The molecule has 0 aromatic heterocycles. The van der Waals surface area contributed by atoms with Crippen LogP contribution in [0, 0.1) is 11.8 Å². The Morgan fingerprint density at radius 1 is 0.826 bits per heavy atom. The number of Topliss-reactive ketones (excluding diaryl/α,β-unsaturated/α-hetero) is 1. The summed E-state index contributed by atoms with van der Waals surface area (Å²) in [5.41, 5.74) is 1.83. The molecule has 2 rings (SSSR count). The Morgan fingerprint density at radius 2 is 1.30 bits per heavy atom. The summed E-state index contributed by atoms with van der Waals surface area (Å²) >= 11 is 0. The van der Waals surface area contributed by atoms with Crippen LogP contribution in [0.25, 0.3) is 0 Å². The average Bonchev–Trinajstić information content (AvgIpc) is 3.59. The molecule has 0 saturated carbocycles. The maximum absolute atomic E-state index is 10.7. The van der Waals surface area contributed by atoms with Gasteiger partial charge in [0.05, 0.1) is 42.2 Å². The summed E-state index contributed by atoms with van der Waals surface area (Å²) in [5, 5.41) is 8.40. The van der Waals surface area contributed by atoms with Crippen molar-refractivity contribution in [2.75, 3.05) is 55.4 Å². The monoisotopic (exact) mass is 666 g/mol. The summed E-state index contributed by atoms with van der Waals surface area (Å²) in [6.45, 7) is 5.36. The van der Waals surface area contributed by atoms with Crippen LogP contribution >= 0.6 is 0 Å². The summed E-state index contributed by atoms with van der Waals surface area (Å²) < 4.78 is 30.0. The first-order chi connectivity index (χ1) is 20.6. The molecule has 2 heterocycles. The van der Waals surface area contributed by atoms with E-state index in [1.807, 2.05) is 18.8 Å². The van der Waals surface area contributed by atoms with E-state index < -0.39 is 35.8 Å². The van der Waals surface area contributed by atoms with Crippen molar-refractivity contribution in [3.05, 3.63) is 34.9 Å². The summed E-state index contributed by atoms with van der Waals surface area (Å²) in [5.74, 6) is 0.0244. The molecule has 2 aliphatic rings. The van der Waals surface area contributed by atoms with Gasteiger partial charge in [-0.05, 0) is 31.9 Å². The number of carbonyl (C=O) groups excluding carboxylic acids is 8. The van der Waals surface area contributed by atoms with Gasteiger partial charge >= 0.3 is 60.6 Å². The summed E-state index contributed by atoms with van der Waals surface area (Å²) in [6.07, 6.45) is 3.80. The van der Waals surface area contributed by atoms with E-state index in [4.69, 9.17) is 5.11 Å². The van der Waals surface area contributed by atoms with Crippen molar-refractivity contribution in [3.8, 4) is 11.8 Å². The van der Waals surface area contributed by atoms with E-state index in [1.54, 1.807) is 6.92 Å². The van der Waals surface area contributed by atoms with Crippen LogP contribution in [0.5, 0.6) is 0 Å². The van der Waals surface area contributed by atoms with Gasteiger partial charge in [0.25, 0.3) is 0 Å². The maximum Gasteiger partial charge on any atom is 1.00 e. The van der Waals surface area contributed by atoms with E-state index in [1.165, 1.54) is 54.6 Å². The number of rotatable bonds is 4. The standard InChI is InChI=1S/C7H10O4.C6H6O4.C6H10O3.C5H6O2.C4H4O3.Al.Li.4H/c1-5(7(9)11-3)4-6(8)10-2;1-9-5(7)3-4-6(8)10-2;1-5(4-7)3-6(8)9-2;1-4-2-5(6)7-3-4;5-3-1-4(6)7-2-3;;;;;;/h4H,1-3H3;1-2H3;3,7H,4H2,1-2H3;2H,3H2,1H3;1-2H2;;;;;;/q;;;;;;+1;;;;-1/b5-4-;;5-3-;;;;;;;;. The Hall–Kier alpha value is -4.17. The van der Waals surface area contributed by atoms with Gasteiger partial charge in [0.2, 0.25) is 0 Å². The minimum absolute atomic E-state index is 0. The fraction of sp³-hybridized carbons (Fsp3) is 0.429. The van der Waals surface area contributed by atoms with Crippen molar-refractivity contribution >= 4 is 64.9 Å². The van der Waals surface area contributed by atoms with Crippen molar-refractivity contribution in [2.24, 2.45) is 0 Å². The van der Waals surface area contributed by atoms with E-state index in [2.05, 4.69) is 33.2 Å². The van der Waals surface area contributed by atoms with Gasteiger partial charge in [0.1, 0.15) is 13.0 Å². The normalized spacial score (nSPS) is 12.2. The Kier molecular flexibility index (Phi) is 36.0. The number of methoxy groups -OCH3 is 5. The molecule has 1 N–H and O–H groups in total. The van der Waals surface area contributed by atoms with Gasteiger partial charge in [-0.25, -0.2) is 28.8 Å². The quantitative estimate of drug-likeness (QED) is 0.0570. The molecule has 0 atom stereocenters. The largest absolute Gasteiger partial charge is 1.00 e.